The van der Waals surface area contributed by atoms with Crippen LogP contribution in [0.4, 0.5) is 0 Å². The van der Waals surface area contributed by atoms with E-state index in [0.717, 1.165) is 18.5 Å². The van der Waals surface area contributed by atoms with E-state index in [1.165, 1.54) is 25.8 Å². The summed E-state index contributed by atoms with van der Waals surface area (Å²) >= 11 is 0. The van der Waals surface area contributed by atoms with Crippen LogP contribution >= 0.6 is 0 Å². The molecule has 0 amide bonds. The van der Waals surface area contributed by atoms with Crippen molar-refractivity contribution in [2.24, 2.45) is 11.7 Å². The second-order valence-electron chi connectivity index (χ2n) is 4.62. The molecule has 2 N–H and O–H groups in total. The topological polar surface area (TPSA) is 29.3 Å². The Balaban J connectivity index is 2.47. The Bertz CT molecular complexity index is 145. The van der Waals surface area contributed by atoms with Gasteiger partial charge in [-0.1, -0.05) is 20.8 Å². The molecule has 0 aromatic heterocycles. The van der Waals surface area contributed by atoms with Crippen molar-refractivity contribution in [3.63, 3.8) is 0 Å². The highest BCUT2D eigenvalue weighted by Crippen LogP contribution is 2.19. The standard InChI is InChI=1S/C11H24N2/c1-4-11(9(2)3)13-7-5-6-10(12)8-13/h9-11H,4-8,12H2,1-3H3. The minimum Gasteiger partial charge on any atom is -0.327 e. The molecule has 1 heterocycles. The van der Waals surface area contributed by atoms with Gasteiger partial charge in [0.15, 0.2) is 0 Å². The molecule has 0 spiro atoms. The fourth-order valence-electron chi connectivity index (χ4n) is 2.49. The fourth-order valence-corrected chi connectivity index (χ4v) is 2.49. The van der Waals surface area contributed by atoms with Crippen molar-refractivity contribution in [3.05, 3.63) is 0 Å². The Morgan fingerprint density at radius 1 is 1.46 bits per heavy atom. The van der Waals surface area contributed by atoms with Crippen LogP contribution in [-0.2, 0) is 0 Å². The first kappa shape index (κ1) is 11.0. The second kappa shape index (κ2) is 4.97. The van der Waals surface area contributed by atoms with Gasteiger partial charge < -0.3 is 5.73 Å². The van der Waals surface area contributed by atoms with E-state index in [1.54, 1.807) is 0 Å². The monoisotopic (exact) mass is 184 g/mol. The Morgan fingerprint density at radius 2 is 2.15 bits per heavy atom. The van der Waals surface area contributed by atoms with Crippen LogP contribution in [0.5, 0.6) is 0 Å². The lowest BCUT2D eigenvalue weighted by Gasteiger charge is -2.38. The smallest absolute Gasteiger partial charge is 0.0168 e. The lowest BCUT2D eigenvalue weighted by atomic mass is 9.96. The molecule has 0 aromatic rings. The van der Waals surface area contributed by atoms with E-state index in [9.17, 15) is 0 Å². The van der Waals surface area contributed by atoms with E-state index in [-0.39, 0.29) is 0 Å². The van der Waals surface area contributed by atoms with Crippen molar-refractivity contribution in [1.29, 1.82) is 0 Å². The first-order chi connectivity index (χ1) is 6.15. The van der Waals surface area contributed by atoms with Crippen molar-refractivity contribution in [3.8, 4) is 0 Å². The maximum atomic E-state index is 5.98. The second-order valence-corrected chi connectivity index (χ2v) is 4.62. The number of nitrogens with zero attached hydrogens (tertiary/aromatic N) is 1. The molecule has 1 fully saturated rings. The van der Waals surface area contributed by atoms with E-state index in [2.05, 4.69) is 25.7 Å². The summed E-state index contributed by atoms with van der Waals surface area (Å²) in [5, 5.41) is 0. The Labute approximate surface area is 82.5 Å². The van der Waals surface area contributed by atoms with Crippen molar-refractivity contribution in [2.45, 2.75) is 52.1 Å². The first-order valence-corrected chi connectivity index (χ1v) is 5.64. The fraction of sp³-hybridized carbons (Fsp3) is 1.00. The van der Waals surface area contributed by atoms with E-state index >= 15 is 0 Å². The SMILES string of the molecule is CCC(C(C)C)N1CCCC(N)C1. The molecular weight excluding hydrogens is 160 g/mol. The third kappa shape index (κ3) is 2.96. The average molecular weight is 184 g/mol. The minimum absolute atomic E-state index is 0.418. The zero-order valence-corrected chi connectivity index (χ0v) is 9.29. The summed E-state index contributed by atoms with van der Waals surface area (Å²) in [5.74, 6) is 0.760. The van der Waals surface area contributed by atoms with Gasteiger partial charge in [-0.15, -0.1) is 0 Å². The van der Waals surface area contributed by atoms with Gasteiger partial charge in [0.05, 0.1) is 0 Å². The third-order valence-corrected chi connectivity index (χ3v) is 3.15. The molecule has 2 heteroatoms. The van der Waals surface area contributed by atoms with Gasteiger partial charge in [0.25, 0.3) is 0 Å². The normalized spacial score (nSPS) is 27.9. The molecule has 78 valence electrons. The molecule has 2 unspecified atom stereocenters. The Morgan fingerprint density at radius 3 is 2.62 bits per heavy atom. The molecule has 13 heavy (non-hydrogen) atoms. The quantitative estimate of drug-likeness (QED) is 0.725. The molecule has 1 rings (SSSR count). The van der Waals surface area contributed by atoms with Crippen LogP contribution in [0.25, 0.3) is 0 Å². The van der Waals surface area contributed by atoms with Crippen LogP contribution in [0.3, 0.4) is 0 Å². The van der Waals surface area contributed by atoms with Gasteiger partial charge in [-0.25, -0.2) is 0 Å². The number of likely N-dealkylation sites (tertiary alicyclic amines) is 1. The molecule has 1 aliphatic heterocycles. The van der Waals surface area contributed by atoms with Crippen molar-refractivity contribution in [2.75, 3.05) is 13.1 Å². The summed E-state index contributed by atoms with van der Waals surface area (Å²) in [5.41, 5.74) is 5.98. The van der Waals surface area contributed by atoms with Crippen LogP contribution in [0.15, 0.2) is 0 Å². The Kier molecular flexibility index (Phi) is 4.20. The third-order valence-electron chi connectivity index (χ3n) is 3.15. The van der Waals surface area contributed by atoms with Gasteiger partial charge >= 0.3 is 0 Å². The summed E-state index contributed by atoms with van der Waals surface area (Å²) in [6.07, 6.45) is 3.75. The van der Waals surface area contributed by atoms with E-state index in [1.807, 2.05) is 0 Å². The van der Waals surface area contributed by atoms with Crippen LogP contribution in [0.2, 0.25) is 0 Å². The Hall–Kier alpha value is -0.0800. The predicted octanol–water partition coefficient (Wildman–Crippen LogP) is 1.84. The summed E-state index contributed by atoms with van der Waals surface area (Å²) in [4.78, 5) is 2.58. The lowest BCUT2D eigenvalue weighted by molar-refractivity contribution is 0.114. The maximum Gasteiger partial charge on any atom is 0.0168 e. The van der Waals surface area contributed by atoms with Crippen LogP contribution < -0.4 is 5.73 Å². The number of hydrogen-bond acceptors (Lipinski definition) is 2. The largest absolute Gasteiger partial charge is 0.327 e. The van der Waals surface area contributed by atoms with Crippen molar-refractivity contribution >= 4 is 0 Å². The summed E-state index contributed by atoms with van der Waals surface area (Å²) in [7, 11) is 0. The van der Waals surface area contributed by atoms with Crippen LogP contribution in [-0.4, -0.2) is 30.1 Å². The van der Waals surface area contributed by atoms with E-state index in [0.29, 0.717) is 6.04 Å². The molecule has 1 saturated heterocycles. The molecule has 0 radical (unpaired) electrons. The highest BCUT2D eigenvalue weighted by atomic mass is 15.2. The molecular formula is C11H24N2. The molecule has 1 aliphatic rings. The molecule has 0 aromatic carbocycles. The molecule has 2 nitrogen and oxygen atoms in total. The molecule has 2 atom stereocenters. The number of rotatable bonds is 3. The lowest BCUT2D eigenvalue weighted by Crippen LogP contribution is -2.49. The zero-order chi connectivity index (χ0) is 9.84. The zero-order valence-electron chi connectivity index (χ0n) is 9.29. The number of nitrogens with two attached hydrogens (primary N) is 1. The van der Waals surface area contributed by atoms with Gasteiger partial charge in [-0.2, -0.15) is 0 Å². The van der Waals surface area contributed by atoms with Crippen LogP contribution in [0, 0.1) is 5.92 Å². The summed E-state index contributed by atoms with van der Waals surface area (Å²) in [6.45, 7) is 9.27. The minimum atomic E-state index is 0.418. The highest BCUT2D eigenvalue weighted by molar-refractivity contribution is 4.81. The van der Waals surface area contributed by atoms with E-state index in [4.69, 9.17) is 5.73 Å². The maximum absolute atomic E-state index is 5.98. The van der Waals surface area contributed by atoms with Crippen molar-refractivity contribution in [1.82, 2.24) is 4.90 Å². The predicted molar refractivity (Wildman–Crippen MR) is 57.7 cm³/mol. The average Bonchev–Trinajstić information content (AvgIpc) is 2.04. The van der Waals surface area contributed by atoms with Gasteiger partial charge in [0.1, 0.15) is 0 Å². The number of piperidine rings is 1. The van der Waals surface area contributed by atoms with E-state index < -0.39 is 0 Å². The first-order valence-electron chi connectivity index (χ1n) is 5.64. The van der Waals surface area contributed by atoms with Gasteiger partial charge in [0.2, 0.25) is 0 Å². The summed E-state index contributed by atoms with van der Waals surface area (Å²) in [6, 6.07) is 1.16. The van der Waals surface area contributed by atoms with Gasteiger partial charge in [-0.3, -0.25) is 4.90 Å². The van der Waals surface area contributed by atoms with Gasteiger partial charge in [0, 0.05) is 18.6 Å². The van der Waals surface area contributed by atoms with Crippen molar-refractivity contribution < 1.29 is 0 Å². The summed E-state index contributed by atoms with van der Waals surface area (Å²) < 4.78 is 0. The van der Waals surface area contributed by atoms with Gasteiger partial charge in [-0.05, 0) is 31.7 Å². The molecule has 0 aliphatic carbocycles. The number of hydrogen-bond donors (Lipinski definition) is 1. The molecule has 0 saturated carbocycles. The van der Waals surface area contributed by atoms with Crippen LogP contribution in [0.1, 0.15) is 40.0 Å². The highest BCUT2D eigenvalue weighted by Gasteiger charge is 2.24. The molecule has 0 bridgehead atoms.